The van der Waals surface area contributed by atoms with Crippen LogP contribution in [0.5, 0.6) is 5.75 Å². The molecule has 2 aromatic carbocycles. The van der Waals surface area contributed by atoms with E-state index < -0.39 is 0 Å². The number of aromatic nitrogens is 2. The topological polar surface area (TPSA) is 93.2 Å². The lowest BCUT2D eigenvalue weighted by atomic mass is 10.2. The van der Waals surface area contributed by atoms with Crippen LogP contribution in [-0.2, 0) is 17.1 Å². The van der Waals surface area contributed by atoms with E-state index in [0.29, 0.717) is 28.1 Å². The van der Waals surface area contributed by atoms with E-state index in [1.807, 2.05) is 69.3 Å². The summed E-state index contributed by atoms with van der Waals surface area (Å²) in [6.07, 6.45) is 0.129. The quantitative estimate of drug-likeness (QED) is 0.455. The van der Waals surface area contributed by atoms with Gasteiger partial charge in [-0.3, -0.25) is 9.59 Å². The van der Waals surface area contributed by atoms with Crippen molar-refractivity contribution in [2.45, 2.75) is 39.2 Å². The molecule has 0 aliphatic heterocycles. The molecule has 0 aliphatic rings. The molecule has 0 fully saturated rings. The van der Waals surface area contributed by atoms with Crippen LogP contribution in [-0.4, -0.2) is 33.9 Å². The molecule has 0 saturated carbocycles. The van der Waals surface area contributed by atoms with Crippen LogP contribution >= 0.6 is 23.1 Å². The van der Waals surface area contributed by atoms with Gasteiger partial charge in [-0.25, -0.2) is 0 Å². The summed E-state index contributed by atoms with van der Waals surface area (Å²) in [5.74, 6) is 1.30. The fourth-order valence-corrected chi connectivity index (χ4v) is 4.37. The Morgan fingerprint density at radius 3 is 2.56 bits per heavy atom. The first-order valence-corrected chi connectivity index (χ1v) is 12.2. The van der Waals surface area contributed by atoms with E-state index in [9.17, 15) is 9.59 Å². The van der Waals surface area contributed by atoms with Crippen LogP contribution in [0, 0.1) is 6.92 Å². The molecule has 168 valence electrons. The fourth-order valence-electron chi connectivity index (χ4n) is 2.73. The van der Waals surface area contributed by atoms with Crippen molar-refractivity contribution in [3.05, 3.63) is 69.7 Å². The first-order valence-electron chi connectivity index (χ1n) is 10.2. The van der Waals surface area contributed by atoms with Crippen molar-refractivity contribution in [3.63, 3.8) is 0 Å². The average molecular weight is 471 g/mol. The summed E-state index contributed by atoms with van der Waals surface area (Å²) in [6.45, 7) is 6.35. The van der Waals surface area contributed by atoms with Gasteiger partial charge >= 0.3 is 0 Å². The number of amides is 2. The Morgan fingerprint density at radius 1 is 1.09 bits per heavy atom. The van der Waals surface area contributed by atoms with E-state index in [0.717, 1.165) is 22.6 Å². The van der Waals surface area contributed by atoms with Gasteiger partial charge in [-0.05, 0) is 50.1 Å². The molecule has 0 aliphatic carbocycles. The number of benzene rings is 2. The van der Waals surface area contributed by atoms with E-state index in [1.165, 1.54) is 23.1 Å². The second-order valence-electron chi connectivity index (χ2n) is 7.35. The van der Waals surface area contributed by atoms with Crippen LogP contribution in [0.15, 0.2) is 48.5 Å². The molecule has 1 aromatic heterocycles. The summed E-state index contributed by atoms with van der Waals surface area (Å²) >= 11 is 2.67. The summed E-state index contributed by atoms with van der Waals surface area (Å²) < 4.78 is 5.62. The second-order valence-corrected chi connectivity index (χ2v) is 9.40. The molecule has 2 amide bonds. The molecule has 1 heterocycles. The first-order chi connectivity index (χ1) is 15.4. The maximum Gasteiger partial charge on any atom is 0.286 e. The number of thioether (sulfide) groups is 1. The number of hydrogen-bond donors (Lipinski definition) is 2. The minimum Gasteiger partial charge on any atom is -0.491 e. The largest absolute Gasteiger partial charge is 0.491 e. The summed E-state index contributed by atoms with van der Waals surface area (Å²) in [5, 5.41) is 14.8. The number of nitrogens with one attached hydrogen (secondary N) is 2. The SMILES string of the molecule is Cc1ccccc1NC(=O)c1nnc(CSCC(=O)NCc2ccc(OC(C)C)cc2)s1. The lowest BCUT2D eigenvalue weighted by Gasteiger charge is -2.10. The Balaban J connectivity index is 1.39. The molecule has 32 heavy (non-hydrogen) atoms. The van der Waals surface area contributed by atoms with Crippen molar-refractivity contribution < 1.29 is 14.3 Å². The number of anilines is 1. The van der Waals surface area contributed by atoms with E-state index in [-0.39, 0.29) is 17.9 Å². The molecule has 0 radical (unpaired) electrons. The molecule has 0 spiro atoms. The third-order valence-corrected chi connectivity index (χ3v) is 6.35. The smallest absolute Gasteiger partial charge is 0.286 e. The molecular formula is C23H26N4O3S2. The number of rotatable bonds is 10. The first kappa shape index (κ1) is 23.7. The standard InChI is InChI=1S/C23H26N4O3S2/c1-15(2)30-18-10-8-17(9-11-18)12-24-20(28)13-31-14-21-26-27-23(32-21)22(29)25-19-7-5-4-6-16(19)3/h4-11,15H,12-14H2,1-3H3,(H,24,28)(H,25,29). The van der Waals surface area contributed by atoms with E-state index in [2.05, 4.69) is 20.8 Å². The molecular weight excluding hydrogens is 444 g/mol. The van der Waals surface area contributed by atoms with Gasteiger partial charge in [0.15, 0.2) is 0 Å². The van der Waals surface area contributed by atoms with Crippen LogP contribution in [0.4, 0.5) is 5.69 Å². The van der Waals surface area contributed by atoms with E-state index in [4.69, 9.17) is 4.74 Å². The Bertz CT molecular complexity index is 1050. The molecule has 7 nitrogen and oxygen atoms in total. The third-order valence-electron chi connectivity index (χ3n) is 4.30. The fraction of sp³-hybridized carbons (Fsp3) is 0.304. The van der Waals surface area contributed by atoms with Crippen molar-refractivity contribution in [2.75, 3.05) is 11.1 Å². The Kier molecular flexibility index (Phi) is 8.64. The molecule has 2 N–H and O–H groups in total. The molecule has 3 rings (SSSR count). The molecule has 0 atom stereocenters. The zero-order valence-corrected chi connectivity index (χ0v) is 19.9. The summed E-state index contributed by atoms with van der Waals surface area (Å²) in [6, 6.07) is 15.2. The van der Waals surface area contributed by atoms with Gasteiger partial charge in [0.1, 0.15) is 10.8 Å². The van der Waals surface area contributed by atoms with E-state index >= 15 is 0 Å². The van der Waals surface area contributed by atoms with Crippen LogP contribution in [0.2, 0.25) is 0 Å². The van der Waals surface area contributed by atoms with E-state index in [1.54, 1.807) is 0 Å². The highest BCUT2D eigenvalue weighted by Gasteiger charge is 2.14. The molecule has 0 saturated heterocycles. The molecule has 9 heteroatoms. The van der Waals surface area contributed by atoms with Crippen LogP contribution in [0.1, 0.15) is 39.8 Å². The minimum atomic E-state index is -0.282. The van der Waals surface area contributed by atoms with Crippen molar-refractivity contribution in [2.24, 2.45) is 0 Å². The highest BCUT2D eigenvalue weighted by atomic mass is 32.2. The predicted octanol–water partition coefficient (Wildman–Crippen LogP) is 4.44. The maximum absolute atomic E-state index is 12.4. The number of hydrogen-bond acceptors (Lipinski definition) is 7. The number of aryl methyl sites for hydroxylation is 1. The Labute approximate surface area is 196 Å². The minimum absolute atomic E-state index is 0.0560. The van der Waals surface area contributed by atoms with Gasteiger partial charge in [0.25, 0.3) is 5.91 Å². The van der Waals surface area contributed by atoms with Crippen molar-refractivity contribution in [3.8, 4) is 5.75 Å². The normalized spacial score (nSPS) is 10.8. The van der Waals surface area contributed by atoms with Crippen molar-refractivity contribution in [1.82, 2.24) is 15.5 Å². The molecule has 0 unspecified atom stereocenters. The predicted molar refractivity (Wildman–Crippen MR) is 129 cm³/mol. The van der Waals surface area contributed by atoms with Gasteiger partial charge in [0.2, 0.25) is 10.9 Å². The van der Waals surface area contributed by atoms with Gasteiger partial charge in [0, 0.05) is 18.0 Å². The summed E-state index contributed by atoms with van der Waals surface area (Å²) in [4.78, 5) is 24.5. The number of para-hydroxylation sites is 1. The van der Waals surface area contributed by atoms with Crippen LogP contribution in [0.25, 0.3) is 0 Å². The number of carbonyl (C=O) groups excluding carboxylic acids is 2. The average Bonchev–Trinajstić information content (AvgIpc) is 3.23. The lowest BCUT2D eigenvalue weighted by molar-refractivity contribution is -0.118. The monoisotopic (exact) mass is 470 g/mol. The Hall–Kier alpha value is -2.91. The zero-order valence-electron chi connectivity index (χ0n) is 18.3. The number of ether oxygens (including phenoxy) is 1. The van der Waals surface area contributed by atoms with Gasteiger partial charge in [-0.2, -0.15) is 0 Å². The zero-order chi connectivity index (χ0) is 22.9. The van der Waals surface area contributed by atoms with Gasteiger partial charge in [-0.15, -0.1) is 22.0 Å². The van der Waals surface area contributed by atoms with Gasteiger partial charge in [0.05, 0.1) is 11.9 Å². The molecule has 0 bridgehead atoms. The van der Waals surface area contributed by atoms with Crippen LogP contribution < -0.4 is 15.4 Å². The highest BCUT2D eigenvalue weighted by molar-refractivity contribution is 7.99. The van der Waals surface area contributed by atoms with Crippen LogP contribution in [0.3, 0.4) is 0 Å². The summed E-state index contributed by atoms with van der Waals surface area (Å²) in [7, 11) is 0. The number of carbonyl (C=O) groups is 2. The second kappa shape index (κ2) is 11.6. The maximum atomic E-state index is 12.4. The summed E-state index contributed by atoms with van der Waals surface area (Å²) in [5.41, 5.74) is 2.74. The Morgan fingerprint density at radius 2 is 1.84 bits per heavy atom. The number of nitrogens with zero attached hydrogens (tertiary/aromatic N) is 2. The van der Waals surface area contributed by atoms with Crippen molar-refractivity contribution >= 4 is 40.6 Å². The highest BCUT2D eigenvalue weighted by Crippen LogP contribution is 2.19. The van der Waals surface area contributed by atoms with Crippen molar-refractivity contribution in [1.29, 1.82) is 0 Å². The molecule has 3 aromatic rings. The van der Waals surface area contributed by atoms with Gasteiger partial charge < -0.3 is 15.4 Å². The third kappa shape index (κ3) is 7.35. The van der Waals surface area contributed by atoms with Gasteiger partial charge in [-0.1, -0.05) is 41.7 Å². The lowest BCUT2D eigenvalue weighted by Crippen LogP contribution is -2.24.